The average Bonchev–Trinajstić information content (AvgIpc) is 2.11. The molecule has 1 aromatic rings. The van der Waals surface area contributed by atoms with Gasteiger partial charge in [-0.05, 0) is 59.2 Å². The van der Waals surface area contributed by atoms with Gasteiger partial charge in [-0.1, -0.05) is 11.6 Å². The molecule has 0 saturated carbocycles. The topological polar surface area (TPSA) is 60.7 Å². The van der Waals surface area contributed by atoms with Crippen molar-refractivity contribution >= 4 is 11.6 Å². The Morgan fingerprint density at radius 1 is 0.737 bits per heavy atom. The van der Waals surface area contributed by atoms with Crippen molar-refractivity contribution in [1.29, 1.82) is 0 Å². The molecule has 0 aliphatic heterocycles. The Morgan fingerprint density at radius 3 is 1.26 bits per heavy atom. The number of hydrogen-bond donors (Lipinski definition) is 3. The molecule has 0 aliphatic rings. The van der Waals surface area contributed by atoms with E-state index in [0.717, 1.165) is 0 Å². The van der Waals surface area contributed by atoms with Crippen LogP contribution in [0.25, 0.3) is 0 Å². The lowest BCUT2D eigenvalue weighted by atomic mass is 9.85. The van der Waals surface area contributed by atoms with Gasteiger partial charge >= 0.3 is 0 Å². The van der Waals surface area contributed by atoms with E-state index >= 15 is 0 Å². The molecule has 3 nitrogen and oxygen atoms in total. The highest BCUT2D eigenvalue weighted by molar-refractivity contribution is 6.32. The fourth-order valence-electron chi connectivity index (χ4n) is 1.87. The highest BCUT2D eigenvalue weighted by atomic mass is 35.5. The third-order valence-electron chi connectivity index (χ3n) is 3.10. The zero-order chi connectivity index (χ0) is 15.2. The predicted octanol–water partition coefficient (Wildman–Crippen LogP) is 3.02. The van der Waals surface area contributed by atoms with Crippen molar-refractivity contribution < 1.29 is 15.3 Å². The van der Waals surface area contributed by atoms with Gasteiger partial charge < -0.3 is 15.3 Å². The smallest absolute Gasteiger partial charge is 0.0855 e. The van der Waals surface area contributed by atoms with Crippen molar-refractivity contribution in [1.82, 2.24) is 0 Å². The standard InChI is InChI=1S/C15H23ClO3/c1-13(2,17)9-7-10(14(3,4)18)12(16)11(8-9)15(5,6)19/h7-8,17-19H,1-6H3. The summed E-state index contributed by atoms with van der Waals surface area (Å²) in [5.41, 5.74) is -1.80. The first-order valence-electron chi connectivity index (χ1n) is 6.26. The van der Waals surface area contributed by atoms with Crippen molar-refractivity contribution in [2.75, 3.05) is 0 Å². The summed E-state index contributed by atoms with van der Waals surface area (Å²) in [6.07, 6.45) is 0. The van der Waals surface area contributed by atoms with Gasteiger partial charge in [0.05, 0.1) is 21.8 Å². The Balaban J connectivity index is 3.68. The molecule has 0 aromatic heterocycles. The predicted molar refractivity (Wildman–Crippen MR) is 77.2 cm³/mol. The van der Waals surface area contributed by atoms with E-state index in [0.29, 0.717) is 21.7 Å². The minimum Gasteiger partial charge on any atom is -0.386 e. The van der Waals surface area contributed by atoms with Gasteiger partial charge in [-0.2, -0.15) is 0 Å². The van der Waals surface area contributed by atoms with E-state index in [1.165, 1.54) is 0 Å². The third kappa shape index (κ3) is 3.69. The summed E-state index contributed by atoms with van der Waals surface area (Å²) < 4.78 is 0. The second kappa shape index (κ2) is 4.74. The molecule has 0 heterocycles. The number of halogens is 1. The maximum Gasteiger partial charge on any atom is 0.0855 e. The van der Waals surface area contributed by atoms with Crippen molar-refractivity contribution in [2.45, 2.75) is 58.3 Å². The SMILES string of the molecule is CC(C)(O)c1cc(C(C)(C)O)c(Cl)c(C(C)(C)O)c1. The molecular formula is C15H23ClO3. The van der Waals surface area contributed by atoms with Gasteiger partial charge in [-0.15, -0.1) is 0 Å². The number of rotatable bonds is 3. The molecular weight excluding hydrogens is 264 g/mol. The largest absolute Gasteiger partial charge is 0.386 e. The van der Waals surface area contributed by atoms with E-state index in [-0.39, 0.29) is 0 Å². The number of benzene rings is 1. The van der Waals surface area contributed by atoms with Crippen molar-refractivity contribution in [3.63, 3.8) is 0 Å². The fourth-order valence-corrected chi connectivity index (χ4v) is 2.44. The van der Waals surface area contributed by atoms with E-state index in [1.807, 2.05) is 0 Å². The molecule has 0 atom stereocenters. The lowest BCUT2D eigenvalue weighted by molar-refractivity contribution is 0.0652. The third-order valence-corrected chi connectivity index (χ3v) is 3.50. The lowest BCUT2D eigenvalue weighted by Gasteiger charge is -2.29. The Kier molecular flexibility index (Phi) is 4.10. The minimum absolute atomic E-state index is 0.327. The normalized spacial score (nSPS) is 13.8. The zero-order valence-electron chi connectivity index (χ0n) is 12.4. The molecule has 1 rings (SSSR count). The summed E-state index contributed by atoms with van der Waals surface area (Å²) in [6, 6.07) is 3.36. The van der Waals surface area contributed by atoms with E-state index in [1.54, 1.807) is 53.7 Å². The van der Waals surface area contributed by atoms with Crippen LogP contribution >= 0.6 is 11.6 Å². The summed E-state index contributed by atoms with van der Waals surface area (Å²) in [5, 5.41) is 30.9. The second-order valence-corrected chi connectivity index (χ2v) is 6.94. The first-order valence-corrected chi connectivity index (χ1v) is 6.64. The molecule has 0 unspecified atom stereocenters. The molecule has 0 amide bonds. The quantitative estimate of drug-likeness (QED) is 0.800. The molecule has 0 spiro atoms. The van der Waals surface area contributed by atoms with Crippen molar-refractivity contribution in [3.05, 3.63) is 33.8 Å². The first kappa shape index (κ1) is 16.4. The summed E-state index contributed by atoms with van der Waals surface area (Å²) in [4.78, 5) is 0. The molecule has 4 heteroatoms. The van der Waals surface area contributed by atoms with Crippen LogP contribution in [0.5, 0.6) is 0 Å². The average molecular weight is 287 g/mol. The Hall–Kier alpha value is -0.610. The molecule has 0 fully saturated rings. The Morgan fingerprint density at radius 2 is 1.05 bits per heavy atom. The summed E-state index contributed by atoms with van der Waals surface area (Å²) >= 11 is 6.30. The summed E-state index contributed by atoms with van der Waals surface area (Å²) in [5.74, 6) is 0. The van der Waals surface area contributed by atoms with Crippen LogP contribution in [0.1, 0.15) is 58.2 Å². The monoisotopic (exact) mass is 286 g/mol. The summed E-state index contributed by atoms with van der Waals surface area (Å²) in [6.45, 7) is 9.79. The molecule has 108 valence electrons. The van der Waals surface area contributed by atoms with Gasteiger partial charge in [0, 0.05) is 11.1 Å². The lowest BCUT2D eigenvalue weighted by Crippen LogP contribution is -2.25. The Labute approximate surface area is 119 Å². The minimum atomic E-state index is -1.15. The van der Waals surface area contributed by atoms with Crippen LogP contribution in [0, 0.1) is 0 Å². The van der Waals surface area contributed by atoms with Gasteiger partial charge in [0.2, 0.25) is 0 Å². The van der Waals surface area contributed by atoms with Crippen LogP contribution in [0.2, 0.25) is 5.02 Å². The van der Waals surface area contributed by atoms with Crippen LogP contribution in [0.3, 0.4) is 0 Å². The van der Waals surface area contributed by atoms with Crippen LogP contribution < -0.4 is 0 Å². The van der Waals surface area contributed by atoms with E-state index in [4.69, 9.17) is 11.6 Å². The van der Waals surface area contributed by atoms with Gasteiger partial charge in [-0.25, -0.2) is 0 Å². The van der Waals surface area contributed by atoms with E-state index in [2.05, 4.69) is 0 Å². The fraction of sp³-hybridized carbons (Fsp3) is 0.600. The first-order chi connectivity index (χ1) is 8.24. The molecule has 3 N–H and O–H groups in total. The summed E-state index contributed by atoms with van der Waals surface area (Å²) in [7, 11) is 0. The highest BCUT2D eigenvalue weighted by Crippen LogP contribution is 2.38. The van der Waals surface area contributed by atoms with Gasteiger partial charge in [0.1, 0.15) is 0 Å². The molecule has 0 saturated heterocycles. The van der Waals surface area contributed by atoms with Crippen LogP contribution in [0.15, 0.2) is 12.1 Å². The van der Waals surface area contributed by atoms with Crippen LogP contribution in [-0.2, 0) is 16.8 Å². The van der Waals surface area contributed by atoms with Gasteiger partial charge in [-0.3, -0.25) is 0 Å². The van der Waals surface area contributed by atoms with Gasteiger partial charge in [0.15, 0.2) is 0 Å². The molecule has 1 aromatic carbocycles. The highest BCUT2D eigenvalue weighted by Gasteiger charge is 2.30. The number of hydrogen-bond acceptors (Lipinski definition) is 3. The molecule has 0 radical (unpaired) electrons. The molecule has 0 bridgehead atoms. The van der Waals surface area contributed by atoms with Crippen LogP contribution in [0.4, 0.5) is 0 Å². The van der Waals surface area contributed by atoms with E-state index < -0.39 is 16.8 Å². The molecule has 19 heavy (non-hydrogen) atoms. The van der Waals surface area contributed by atoms with Crippen molar-refractivity contribution in [3.8, 4) is 0 Å². The Bertz CT molecular complexity index is 439. The second-order valence-electron chi connectivity index (χ2n) is 6.56. The maximum atomic E-state index is 10.2. The van der Waals surface area contributed by atoms with Crippen molar-refractivity contribution in [2.24, 2.45) is 0 Å². The molecule has 0 aliphatic carbocycles. The van der Waals surface area contributed by atoms with Crippen LogP contribution in [-0.4, -0.2) is 15.3 Å². The maximum absolute atomic E-state index is 10.2. The van der Waals surface area contributed by atoms with Gasteiger partial charge in [0.25, 0.3) is 0 Å². The number of aliphatic hydroxyl groups is 3. The zero-order valence-corrected chi connectivity index (χ0v) is 13.1. The van der Waals surface area contributed by atoms with E-state index in [9.17, 15) is 15.3 Å².